The minimum absolute atomic E-state index is 0.241. The molecule has 3 rings (SSSR count). The average Bonchev–Trinajstić information content (AvgIpc) is 2.95. The fourth-order valence-corrected chi connectivity index (χ4v) is 2.36. The van der Waals surface area contributed by atoms with Gasteiger partial charge in [-0.15, -0.1) is 0 Å². The van der Waals surface area contributed by atoms with Crippen LogP contribution in [0.4, 0.5) is 0 Å². The van der Waals surface area contributed by atoms with Gasteiger partial charge in [-0.05, 0) is 36.8 Å². The fourth-order valence-electron chi connectivity index (χ4n) is 2.36. The molecule has 0 saturated heterocycles. The van der Waals surface area contributed by atoms with Gasteiger partial charge in [-0.25, -0.2) is 4.98 Å². The summed E-state index contributed by atoms with van der Waals surface area (Å²) in [6.07, 6.45) is 4.07. The zero-order chi connectivity index (χ0) is 14.7. The van der Waals surface area contributed by atoms with Gasteiger partial charge in [0.25, 0.3) is 0 Å². The van der Waals surface area contributed by atoms with E-state index in [1.807, 2.05) is 40.9 Å². The Bertz CT molecular complexity index is 702. The zero-order valence-electron chi connectivity index (χ0n) is 12.3. The van der Waals surface area contributed by atoms with Crippen LogP contribution in [0, 0.1) is 0 Å². The summed E-state index contributed by atoms with van der Waals surface area (Å²) >= 11 is 0. The van der Waals surface area contributed by atoms with Gasteiger partial charge in [-0.3, -0.25) is 0 Å². The van der Waals surface area contributed by atoms with Crippen LogP contribution in [-0.2, 0) is 6.54 Å². The van der Waals surface area contributed by atoms with E-state index < -0.39 is 0 Å². The predicted molar refractivity (Wildman–Crippen MR) is 83.4 cm³/mol. The summed E-state index contributed by atoms with van der Waals surface area (Å²) in [6, 6.07) is 14.4. The Morgan fingerprint density at radius 3 is 2.95 bits per heavy atom. The molecule has 0 radical (unpaired) electrons. The molecule has 0 saturated carbocycles. The molecule has 0 spiro atoms. The Kier molecular flexibility index (Phi) is 3.88. The Labute approximate surface area is 124 Å². The van der Waals surface area contributed by atoms with Gasteiger partial charge in [0.15, 0.2) is 0 Å². The van der Waals surface area contributed by atoms with Crippen molar-refractivity contribution in [1.82, 2.24) is 14.7 Å². The molecule has 2 aromatic heterocycles. The van der Waals surface area contributed by atoms with Gasteiger partial charge in [0.1, 0.15) is 11.4 Å². The number of ether oxygens (including phenoxy) is 1. The molecule has 108 valence electrons. The van der Waals surface area contributed by atoms with Crippen LogP contribution in [0.15, 0.2) is 54.9 Å². The van der Waals surface area contributed by atoms with Gasteiger partial charge < -0.3 is 14.5 Å². The summed E-state index contributed by atoms with van der Waals surface area (Å²) in [5.41, 5.74) is 3.22. The molecule has 0 aliphatic carbocycles. The third-order valence-electron chi connectivity index (χ3n) is 3.60. The SMILES string of the molecule is COc1cccc([C@H](C)NCc2cn3ccccc3n2)c1. The number of rotatable bonds is 5. The van der Waals surface area contributed by atoms with Crippen molar-refractivity contribution < 1.29 is 4.74 Å². The van der Waals surface area contributed by atoms with Crippen LogP contribution < -0.4 is 10.1 Å². The molecule has 2 heterocycles. The predicted octanol–water partition coefficient (Wildman–Crippen LogP) is 3.19. The topological polar surface area (TPSA) is 38.6 Å². The van der Waals surface area contributed by atoms with E-state index in [2.05, 4.69) is 35.6 Å². The van der Waals surface area contributed by atoms with E-state index in [9.17, 15) is 0 Å². The number of hydrogen-bond acceptors (Lipinski definition) is 3. The third kappa shape index (κ3) is 3.06. The number of fused-ring (bicyclic) bond motifs is 1. The highest BCUT2D eigenvalue weighted by atomic mass is 16.5. The van der Waals surface area contributed by atoms with E-state index in [1.165, 1.54) is 5.56 Å². The molecule has 21 heavy (non-hydrogen) atoms. The highest BCUT2D eigenvalue weighted by molar-refractivity contribution is 5.39. The quantitative estimate of drug-likeness (QED) is 0.780. The van der Waals surface area contributed by atoms with Crippen LogP contribution >= 0.6 is 0 Å². The molecule has 4 nitrogen and oxygen atoms in total. The van der Waals surface area contributed by atoms with E-state index in [0.29, 0.717) is 0 Å². The maximum absolute atomic E-state index is 5.26. The maximum Gasteiger partial charge on any atom is 0.137 e. The summed E-state index contributed by atoms with van der Waals surface area (Å²) in [6.45, 7) is 2.88. The van der Waals surface area contributed by atoms with Crippen LogP contribution in [0.2, 0.25) is 0 Å². The van der Waals surface area contributed by atoms with Crippen molar-refractivity contribution in [2.45, 2.75) is 19.5 Å². The highest BCUT2D eigenvalue weighted by Gasteiger charge is 2.07. The van der Waals surface area contributed by atoms with Gasteiger partial charge in [0.05, 0.1) is 12.8 Å². The number of benzene rings is 1. The van der Waals surface area contributed by atoms with E-state index in [0.717, 1.165) is 23.6 Å². The molecular weight excluding hydrogens is 262 g/mol. The Balaban J connectivity index is 1.68. The van der Waals surface area contributed by atoms with Crippen molar-refractivity contribution in [3.05, 3.63) is 66.1 Å². The van der Waals surface area contributed by atoms with Crippen LogP contribution in [0.3, 0.4) is 0 Å². The average molecular weight is 281 g/mol. The lowest BCUT2D eigenvalue weighted by Crippen LogP contribution is -2.18. The van der Waals surface area contributed by atoms with Crippen molar-refractivity contribution in [1.29, 1.82) is 0 Å². The van der Waals surface area contributed by atoms with E-state index in [1.54, 1.807) is 7.11 Å². The lowest BCUT2D eigenvalue weighted by Gasteiger charge is -2.14. The number of nitrogens with zero attached hydrogens (tertiary/aromatic N) is 2. The van der Waals surface area contributed by atoms with Gasteiger partial charge >= 0.3 is 0 Å². The van der Waals surface area contributed by atoms with Gasteiger partial charge in [-0.2, -0.15) is 0 Å². The van der Waals surface area contributed by atoms with E-state index >= 15 is 0 Å². The molecule has 1 N–H and O–H groups in total. The first-order chi connectivity index (χ1) is 10.3. The molecule has 1 atom stereocenters. The van der Waals surface area contributed by atoms with Crippen molar-refractivity contribution in [2.75, 3.05) is 7.11 Å². The lowest BCUT2D eigenvalue weighted by molar-refractivity contribution is 0.413. The first kappa shape index (κ1) is 13.6. The summed E-state index contributed by atoms with van der Waals surface area (Å²) in [5, 5.41) is 3.50. The normalized spacial score (nSPS) is 12.5. The lowest BCUT2D eigenvalue weighted by atomic mass is 10.1. The second-order valence-electron chi connectivity index (χ2n) is 5.08. The molecule has 0 fully saturated rings. The first-order valence-corrected chi connectivity index (χ1v) is 7.06. The summed E-state index contributed by atoms with van der Waals surface area (Å²) < 4.78 is 7.30. The van der Waals surface area contributed by atoms with Gasteiger partial charge in [0, 0.05) is 25.0 Å². The number of methoxy groups -OCH3 is 1. The van der Waals surface area contributed by atoms with Crippen LogP contribution in [0.25, 0.3) is 5.65 Å². The highest BCUT2D eigenvalue weighted by Crippen LogP contribution is 2.19. The smallest absolute Gasteiger partial charge is 0.137 e. The van der Waals surface area contributed by atoms with Crippen molar-refractivity contribution in [3.8, 4) is 5.75 Å². The Morgan fingerprint density at radius 1 is 1.24 bits per heavy atom. The van der Waals surface area contributed by atoms with Crippen LogP contribution in [0.1, 0.15) is 24.2 Å². The third-order valence-corrected chi connectivity index (χ3v) is 3.60. The molecule has 0 aliphatic rings. The monoisotopic (exact) mass is 281 g/mol. The van der Waals surface area contributed by atoms with Crippen molar-refractivity contribution in [2.24, 2.45) is 0 Å². The molecular formula is C17H19N3O. The van der Waals surface area contributed by atoms with Crippen LogP contribution in [0.5, 0.6) is 5.75 Å². The fraction of sp³-hybridized carbons (Fsp3) is 0.235. The summed E-state index contributed by atoms with van der Waals surface area (Å²) in [4.78, 5) is 4.59. The molecule has 0 amide bonds. The second kappa shape index (κ2) is 5.97. The minimum Gasteiger partial charge on any atom is -0.497 e. The number of hydrogen-bond donors (Lipinski definition) is 1. The number of pyridine rings is 1. The van der Waals surface area contributed by atoms with Crippen LogP contribution in [-0.4, -0.2) is 16.5 Å². The van der Waals surface area contributed by atoms with Crippen molar-refractivity contribution in [3.63, 3.8) is 0 Å². The Morgan fingerprint density at radius 2 is 2.14 bits per heavy atom. The van der Waals surface area contributed by atoms with E-state index in [-0.39, 0.29) is 6.04 Å². The first-order valence-electron chi connectivity index (χ1n) is 7.06. The number of imidazole rings is 1. The largest absolute Gasteiger partial charge is 0.497 e. The molecule has 0 unspecified atom stereocenters. The molecule has 4 heteroatoms. The van der Waals surface area contributed by atoms with E-state index in [4.69, 9.17) is 4.74 Å². The summed E-state index contributed by atoms with van der Waals surface area (Å²) in [7, 11) is 1.69. The minimum atomic E-state index is 0.241. The molecule has 1 aromatic carbocycles. The Hall–Kier alpha value is -2.33. The van der Waals surface area contributed by atoms with Crippen molar-refractivity contribution >= 4 is 5.65 Å². The van der Waals surface area contributed by atoms with Gasteiger partial charge in [0.2, 0.25) is 0 Å². The second-order valence-corrected chi connectivity index (χ2v) is 5.08. The molecule has 0 bridgehead atoms. The molecule has 3 aromatic rings. The maximum atomic E-state index is 5.26. The van der Waals surface area contributed by atoms with Gasteiger partial charge in [-0.1, -0.05) is 18.2 Å². The molecule has 0 aliphatic heterocycles. The summed E-state index contributed by atoms with van der Waals surface area (Å²) in [5.74, 6) is 0.883. The number of nitrogens with one attached hydrogen (secondary N) is 1. The number of aromatic nitrogens is 2. The standard InChI is InChI=1S/C17H19N3O/c1-13(14-6-5-7-16(10-14)21-2)18-11-15-12-20-9-4-3-8-17(20)19-15/h3-10,12-13,18H,11H2,1-2H3/t13-/m0/s1. The zero-order valence-corrected chi connectivity index (χ0v) is 12.3.